The quantitative estimate of drug-likeness (QED) is 0.558. The minimum absolute atomic E-state index is 0.575. The molecule has 2 aromatic heterocycles. The van der Waals surface area contributed by atoms with Crippen molar-refractivity contribution in [2.75, 3.05) is 17.3 Å². The molecule has 0 unspecified atom stereocenters. The van der Waals surface area contributed by atoms with E-state index in [0.29, 0.717) is 5.95 Å². The van der Waals surface area contributed by atoms with E-state index in [0.717, 1.165) is 33.8 Å². The Kier molecular flexibility index (Phi) is 4.47. The molecule has 6 nitrogen and oxygen atoms in total. The predicted octanol–water partition coefficient (Wildman–Crippen LogP) is 4.80. The largest absolute Gasteiger partial charge is 0.329 e. The summed E-state index contributed by atoms with van der Waals surface area (Å²) in [6.07, 6.45) is 1.77. The molecule has 28 heavy (non-hydrogen) atoms. The highest BCUT2D eigenvalue weighted by molar-refractivity contribution is 5.86. The first-order valence-corrected chi connectivity index (χ1v) is 9.27. The van der Waals surface area contributed by atoms with E-state index in [2.05, 4.69) is 70.3 Å². The fourth-order valence-corrected chi connectivity index (χ4v) is 3.20. The van der Waals surface area contributed by atoms with E-state index in [4.69, 9.17) is 0 Å². The molecule has 0 radical (unpaired) electrons. The van der Waals surface area contributed by atoms with Gasteiger partial charge in [0.15, 0.2) is 0 Å². The standard InChI is InChI=1S/C22H24N6/c1-14-6-7-17(12-15(14)2)24-22-23-11-10-21(25-22)27(4)18-8-9-20-19(13-18)16(3)28(5)26-20/h6-13H,1-5H3,(H,23,24,25). The summed E-state index contributed by atoms with van der Waals surface area (Å²) in [6, 6.07) is 14.4. The molecule has 0 fully saturated rings. The molecule has 0 atom stereocenters. The van der Waals surface area contributed by atoms with Gasteiger partial charge in [-0.1, -0.05) is 6.07 Å². The topological polar surface area (TPSA) is 58.9 Å². The van der Waals surface area contributed by atoms with Crippen molar-refractivity contribution in [3.8, 4) is 0 Å². The van der Waals surface area contributed by atoms with Crippen molar-refractivity contribution >= 4 is 34.0 Å². The molecule has 0 saturated carbocycles. The Morgan fingerprint density at radius 3 is 2.57 bits per heavy atom. The van der Waals surface area contributed by atoms with Crippen LogP contribution >= 0.6 is 0 Å². The molecule has 4 rings (SSSR count). The molecule has 0 amide bonds. The Morgan fingerprint density at radius 2 is 1.79 bits per heavy atom. The van der Waals surface area contributed by atoms with Crippen molar-refractivity contribution in [2.45, 2.75) is 20.8 Å². The maximum Gasteiger partial charge on any atom is 0.229 e. The van der Waals surface area contributed by atoms with Crippen LogP contribution < -0.4 is 10.2 Å². The van der Waals surface area contributed by atoms with Crippen molar-refractivity contribution in [1.82, 2.24) is 19.7 Å². The van der Waals surface area contributed by atoms with Crippen molar-refractivity contribution < 1.29 is 0 Å². The van der Waals surface area contributed by atoms with E-state index >= 15 is 0 Å². The molecule has 0 aliphatic rings. The van der Waals surface area contributed by atoms with Crippen molar-refractivity contribution in [3.63, 3.8) is 0 Å². The van der Waals surface area contributed by atoms with Gasteiger partial charge in [-0.15, -0.1) is 0 Å². The van der Waals surface area contributed by atoms with Crippen molar-refractivity contribution in [1.29, 1.82) is 0 Å². The lowest BCUT2D eigenvalue weighted by Gasteiger charge is -2.19. The highest BCUT2D eigenvalue weighted by Crippen LogP contribution is 2.28. The molecule has 0 spiro atoms. The number of aryl methyl sites for hydroxylation is 4. The zero-order chi connectivity index (χ0) is 19.8. The van der Waals surface area contributed by atoms with Gasteiger partial charge in [0.25, 0.3) is 0 Å². The molecule has 6 heteroatoms. The molecular formula is C22H24N6. The Morgan fingerprint density at radius 1 is 0.964 bits per heavy atom. The zero-order valence-corrected chi connectivity index (χ0v) is 16.9. The first kappa shape index (κ1) is 18.0. The van der Waals surface area contributed by atoms with Crippen LogP contribution in [0, 0.1) is 20.8 Å². The summed E-state index contributed by atoms with van der Waals surface area (Å²) < 4.78 is 1.91. The van der Waals surface area contributed by atoms with Crippen LogP contribution in [0.4, 0.5) is 23.1 Å². The zero-order valence-electron chi connectivity index (χ0n) is 16.9. The number of rotatable bonds is 4. The van der Waals surface area contributed by atoms with Gasteiger partial charge in [0.05, 0.1) is 5.52 Å². The lowest BCUT2D eigenvalue weighted by atomic mass is 10.1. The van der Waals surface area contributed by atoms with Crippen molar-refractivity contribution in [3.05, 3.63) is 65.5 Å². The molecule has 2 aromatic carbocycles. The average Bonchev–Trinajstić information content (AvgIpc) is 2.98. The fourth-order valence-electron chi connectivity index (χ4n) is 3.20. The monoisotopic (exact) mass is 372 g/mol. The number of hydrogen-bond donors (Lipinski definition) is 1. The Labute approximate surface area is 164 Å². The van der Waals surface area contributed by atoms with Crippen LogP contribution in [0.5, 0.6) is 0 Å². The second-order valence-electron chi connectivity index (χ2n) is 7.13. The minimum atomic E-state index is 0.575. The van der Waals surface area contributed by atoms with E-state index in [-0.39, 0.29) is 0 Å². The van der Waals surface area contributed by atoms with Crippen LogP contribution in [-0.4, -0.2) is 26.8 Å². The van der Waals surface area contributed by atoms with E-state index in [1.807, 2.05) is 37.0 Å². The number of aromatic nitrogens is 4. The summed E-state index contributed by atoms with van der Waals surface area (Å²) in [4.78, 5) is 11.1. The lowest BCUT2D eigenvalue weighted by molar-refractivity contribution is 0.751. The number of benzene rings is 2. The number of fused-ring (bicyclic) bond motifs is 1. The Balaban J connectivity index is 1.63. The summed E-state index contributed by atoms with van der Waals surface area (Å²) in [6.45, 7) is 6.28. The number of hydrogen-bond acceptors (Lipinski definition) is 5. The third-order valence-electron chi connectivity index (χ3n) is 5.25. The summed E-state index contributed by atoms with van der Waals surface area (Å²) in [5.74, 6) is 1.40. The number of nitrogens with zero attached hydrogens (tertiary/aromatic N) is 5. The molecule has 0 aliphatic carbocycles. The van der Waals surface area contributed by atoms with Gasteiger partial charge in [-0.2, -0.15) is 10.1 Å². The molecule has 0 bridgehead atoms. The van der Waals surface area contributed by atoms with Crippen molar-refractivity contribution in [2.24, 2.45) is 7.05 Å². The van der Waals surface area contributed by atoms with E-state index in [1.54, 1.807) is 6.20 Å². The third-order valence-corrected chi connectivity index (χ3v) is 5.25. The lowest BCUT2D eigenvalue weighted by Crippen LogP contribution is -2.12. The second-order valence-corrected chi connectivity index (χ2v) is 7.13. The molecule has 1 N–H and O–H groups in total. The highest BCUT2D eigenvalue weighted by atomic mass is 15.3. The fraction of sp³-hybridized carbons (Fsp3) is 0.227. The van der Waals surface area contributed by atoms with Crippen LogP contribution in [0.15, 0.2) is 48.7 Å². The van der Waals surface area contributed by atoms with Gasteiger partial charge in [-0.05, 0) is 68.3 Å². The summed E-state index contributed by atoms with van der Waals surface area (Å²) in [7, 11) is 3.98. The van der Waals surface area contributed by atoms with Crippen LogP contribution in [-0.2, 0) is 7.05 Å². The van der Waals surface area contributed by atoms with Crippen LogP contribution in [0.2, 0.25) is 0 Å². The first-order chi connectivity index (χ1) is 13.4. The molecule has 2 heterocycles. The summed E-state index contributed by atoms with van der Waals surface area (Å²) in [5, 5.41) is 8.97. The molecule has 142 valence electrons. The normalized spacial score (nSPS) is 11.0. The second kappa shape index (κ2) is 6.96. The van der Waals surface area contributed by atoms with Gasteiger partial charge >= 0.3 is 0 Å². The molecule has 0 saturated heterocycles. The molecule has 0 aliphatic heterocycles. The highest BCUT2D eigenvalue weighted by Gasteiger charge is 2.11. The SMILES string of the molecule is Cc1ccc(Nc2nccc(N(C)c3ccc4nn(C)c(C)c4c3)n2)cc1C. The Bertz CT molecular complexity index is 1160. The van der Waals surface area contributed by atoms with Crippen LogP contribution in [0.1, 0.15) is 16.8 Å². The maximum atomic E-state index is 4.69. The minimum Gasteiger partial charge on any atom is -0.329 e. The average molecular weight is 372 g/mol. The predicted molar refractivity (Wildman–Crippen MR) is 115 cm³/mol. The van der Waals surface area contributed by atoms with Gasteiger partial charge in [0, 0.05) is 42.7 Å². The Hall–Kier alpha value is -3.41. The van der Waals surface area contributed by atoms with Crippen LogP contribution in [0.3, 0.4) is 0 Å². The number of nitrogens with one attached hydrogen (secondary N) is 1. The van der Waals surface area contributed by atoms with E-state index in [9.17, 15) is 0 Å². The van der Waals surface area contributed by atoms with Gasteiger partial charge in [0.1, 0.15) is 5.82 Å². The smallest absolute Gasteiger partial charge is 0.229 e. The third kappa shape index (κ3) is 3.29. The van der Waals surface area contributed by atoms with Gasteiger partial charge in [-0.25, -0.2) is 4.98 Å². The number of anilines is 4. The summed E-state index contributed by atoms with van der Waals surface area (Å²) >= 11 is 0. The molecular weight excluding hydrogens is 348 g/mol. The van der Waals surface area contributed by atoms with Gasteiger partial charge in [0.2, 0.25) is 5.95 Å². The molecule has 4 aromatic rings. The van der Waals surface area contributed by atoms with Crippen LogP contribution in [0.25, 0.3) is 10.9 Å². The maximum absolute atomic E-state index is 4.69. The van der Waals surface area contributed by atoms with Gasteiger partial charge < -0.3 is 10.2 Å². The van der Waals surface area contributed by atoms with Gasteiger partial charge in [-0.3, -0.25) is 4.68 Å². The first-order valence-electron chi connectivity index (χ1n) is 9.27. The summed E-state index contributed by atoms with van der Waals surface area (Å²) in [5.41, 5.74) is 6.68. The van der Waals surface area contributed by atoms with E-state index in [1.165, 1.54) is 11.1 Å². The van der Waals surface area contributed by atoms with E-state index < -0.39 is 0 Å².